The number of ketones is 1. The maximum absolute atomic E-state index is 12.6. The highest BCUT2D eigenvalue weighted by Crippen LogP contribution is 2.62. The Kier molecular flexibility index (Phi) is 4.15. The van der Waals surface area contributed by atoms with Crippen molar-refractivity contribution in [1.82, 2.24) is 0 Å². The van der Waals surface area contributed by atoms with E-state index in [-0.39, 0.29) is 17.9 Å². The molecule has 0 aromatic heterocycles. The number of aliphatic hydroxyl groups is 3. The molecule has 6 atom stereocenters. The molecule has 0 spiro atoms. The second kappa shape index (κ2) is 5.57. The average molecular weight is 310 g/mol. The van der Waals surface area contributed by atoms with E-state index in [4.69, 9.17) is 0 Å². The van der Waals surface area contributed by atoms with Gasteiger partial charge in [0.25, 0.3) is 0 Å². The second-order valence-electron chi connectivity index (χ2n) is 8.41. The summed E-state index contributed by atoms with van der Waals surface area (Å²) in [5.41, 5.74) is -0.388. The van der Waals surface area contributed by atoms with Gasteiger partial charge in [-0.15, -0.1) is 0 Å². The van der Waals surface area contributed by atoms with E-state index in [1.54, 1.807) is 0 Å². The number of fused-ring (bicyclic) bond motifs is 3. The van der Waals surface area contributed by atoms with Gasteiger partial charge in [0.15, 0.2) is 6.29 Å². The zero-order valence-electron chi connectivity index (χ0n) is 13.8. The molecule has 22 heavy (non-hydrogen) atoms. The molecule has 0 heterocycles. The minimum Gasteiger partial charge on any atom is -0.393 e. The van der Waals surface area contributed by atoms with E-state index in [1.165, 1.54) is 0 Å². The summed E-state index contributed by atoms with van der Waals surface area (Å²) in [5.74, 6) is 1.68. The van der Waals surface area contributed by atoms with Crippen LogP contribution in [0.4, 0.5) is 0 Å². The van der Waals surface area contributed by atoms with Gasteiger partial charge in [0.1, 0.15) is 5.78 Å². The molecular weight excluding hydrogens is 280 g/mol. The van der Waals surface area contributed by atoms with E-state index in [0.717, 1.165) is 32.1 Å². The normalized spacial score (nSPS) is 48.4. The van der Waals surface area contributed by atoms with E-state index in [2.05, 4.69) is 6.92 Å². The second-order valence-corrected chi connectivity index (χ2v) is 8.41. The van der Waals surface area contributed by atoms with Crippen molar-refractivity contribution in [3.8, 4) is 0 Å². The molecule has 3 fully saturated rings. The highest BCUT2D eigenvalue weighted by molar-refractivity contribution is 5.85. The van der Waals surface area contributed by atoms with Crippen molar-refractivity contribution in [2.75, 3.05) is 0 Å². The van der Waals surface area contributed by atoms with E-state index >= 15 is 0 Å². The lowest BCUT2D eigenvalue weighted by Crippen LogP contribution is -2.53. The molecule has 3 aliphatic rings. The summed E-state index contributed by atoms with van der Waals surface area (Å²) in [6, 6.07) is 0. The van der Waals surface area contributed by atoms with Crippen LogP contribution < -0.4 is 0 Å². The molecule has 4 heteroatoms. The molecule has 126 valence electrons. The third kappa shape index (κ3) is 2.35. The van der Waals surface area contributed by atoms with Gasteiger partial charge in [-0.05, 0) is 68.1 Å². The van der Waals surface area contributed by atoms with Crippen molar-refractivity contribution in [1.29, 1.82) is 0 Å². The molecule has 4 unspecified atom stereocenters. The molecule has 3 saturated carbocycles. The van der Waals surface area contributed by atoms with Crippen molar-refractivity contribution < 1.29 is 20.1 Å². The van der Waals surface area contributed by atoms with Crippen LogP contribution in [0.3, 0.4) is 0 Å². The number of carbonyl (C=O) groups excluding carboxylic acids is 1. The Morgan fingerprint density at radius 2 is 1.86 bits per heavy atom. The van der Waals surface area contributed by atoms with Crippen LogP contribution in [0.2, 0.25) is 0 Å². The molecule has 3 rings (SSSR count). The van der Waals surface area contributed by atoms with Gasteiger partial charge in [0.05, 0.1) is 6.10 Å². The first-order valence-electron chi connectivity index (χ1n) is 8.86. The molecule has 3 N–H and O–H groups in total. The van der Waals surface area contributed by atoms with Crippen LogP contribution in [0, 0.1) is 28.6 Å². The molecule has 0 amide bonds. The number of hydrogen-bond donors (Lipinski definition) is 3. The number of hydrogen-bond acceptors (Lipinski definition) is 4. The van der Waals surface area contributed by atoms with Gasteiger partial charge >= 0.3 is 0 Å². The summed E-state index contributed by atoms with van der Waals surface area (Å²) in [5, 5.41) is 28.8. The standard InChI is InChI=1S/C18H30O4/c1-17-9-7-13-11(12(17)4-6-15(17)20)3-5-14(19)18(13,2)10-8-16(21)22/h11-13,15-16,20-22H,3-10H2,1-2H3/t11?,12?,13?,15?,17-,18+/m0/s1. The highest BCUT2D eigenvalue weighted by atomic mass is 16.5. The van der Waals surface area contributed by atoms with E-state index < -0.39 is 11.7 Å². The minimum absolute atomic E-state index is 0.0267. The van der Waals surface area contributed by atoms with Gasteiger partial charge in [0, 0.05) is 11.8 Å². The van der Waals surface area contributed by atoms with Crippen LogP contribution in [0.1, 0.15) is 65.2 Å². The molecule has 0 aliphatic heterocycles. The zero-order chi connectivity index (χ0) is 16.1. The summed E-state index contributed by atoms with van der Waals surface area (Å²) >= 11 is 0. The van der Waals surface area contributed by atoms with Crippen molar-refractivity contribution in [2.24, 2.45) is 28.6 Å². The first-order valence-corrected chi connectivity index (χ1v) is 8.86. The van der Waals surface area contributed by atoms with Crippen LogP contribution in [0.15, 0.2) is 0 Å². The number of carbonyl (C=O) groups is 1. The Morgan fingerprint density at radius 1 is 1.14 bits per heavy atom. The average Bonchev–Trinajstić information content (AvgIpc) is 2.77. The number of Topliss-reactive ketones (excluding diaryl/α,β-unsaturated/α-hetero) is 1. The monoisotopic (exact) mass is 310 g/mol. The Morgan fingerprint density at radius 3 is 2.55 bits per heavy atom. The van der Waals surface area contributed by atoms with Crippen molar-refractivity contribution in [3.63, 3.8) is 0 Å². The Bertz CT molecular complexity index is 448. The summed E-state index contributed by atoms with van der Waals surface area (Å²) in [6.07, 6.45) is 4.83. The maximum Gasteiger partial charge on any atom is 0.151 e. The predicted molar refractivity (Wildman–Crippen MR) is 82.9 cm³/mol. The van der Waals surface area contributed by atoms with E-state index in [0.29, 0.717) is 36.4 Å². The summed E-state index contributed by atoms with van der Waals surface area (Å²) in [6.45, 7) is 4.28. The molecule has 0 aromatic rings. The smallest absolute Gasteiger partial charge is 0.151 e. The summed E-state index contributed by atoms with van der Waals surface area (Å²) in [7, 11) is 0. The number of aliphatic hydroxyl groups excluding tert-OH is 2. The van der Waals surface area contributed by atoms with Crippen LogP contribution in [0.5, 0.6) is 0 Å². The van der Waals surface area contributed by atoms with Crippen LogP contribution in [-0.4, -0.2) is 33.5 Å². The van der Waals surface area contributed by atoms with Crippen LogP contribution in [-0.2, 0) is 4.79 Å². The molecule has 0 saturated heterocycles. The van der Waals surface area contributed by atoms with Gasteiger partial charge in [-0.2, -0.15) is 0 Å². The maximum atomic E-state index is 12.6. The van der Waals surface area contributed by atoms with E-state index in [1.807, 2.05) is 6.92 Å². The van der Waals surface area contributed by atoms with Gasteiger partial charge in [0.2, 0.25) is 0 Å². The third-order valence-electron chi connectivity index (χ3n) is 7.47. The molecule has 0 aromatic carbocycles. The molecule has 4 nitrogen and oxygen atoms in total. The summed E-state index contributed by atoms with van der Waals surface area (Å²) < 4.78 is 0. The molecule has 0 radical (unpaired) electrons. The summed E-state index contributed by atoms with van der Waals surface area (Å²) in [4.78, 5) is 12.6. The Labute approximate surface area is 132 Å². The third-order valence-corrected chi connectivity index (χ3v) is 7.47. The zero-order valence-corrected chi connectivity index (χ0v) is 13.8. The SMILES string of the molecule is C[C@]12CCC3C(CCC(=O)[C@]3(C)CCC(O)O)C1CCC2O. The minimum atomic E-state index is -1.33. The van der Waals surface area contributed by atoms with E-state index in [9.17, 15) is 20.1 Å². The Balaban J connectivity index is 1.85. The quantitative estimate of drug-likeness (QED) is 0.699. The topological polar surface area (TPSA) is 77.8 Å². The first kappa shape index (κ1) is 16.4. The van der Waals surface area contributed by atoms with Gasteiger partial charge in [-0.1, -0.05) is 13.8 Å². The fraction of sp³-hybridized carbons (Fsp3) is 0.944. The highest BCUT2D eigenvalue weighted by Gasteiger charge is 2.59. The van der Waals surface area contributed by atoms with Crippen molar-refractivity contribution in [3.05, 3.63) is 0 Å². The van der Waals surface area contributed by atoms with Crippen LogP contribution in [0.25, 0.3) is 0 Å². The largest absolute Gasteiger partial charge is 0.393 e. The molecule has 3 aliphatic carbocycles. The fourth-order valence-corrected chi connectivity index (χ4v) is 6.00. The fourth-order valence-electron chi connectivity index (χ4n) is 6.00. The predicted octanol–water partition coefficient (Wildman–Crippen LogP) is 2.25. The molecule has 0 bridgehead atoms. The van der Waals surface area contributed by atoms with Gasteiger partial charge in [-0.25, -0.2) is 0 Å². The van der Waals surface area contributed by atoms with Crippen molar-refractivity contribution >= 4 is 5.78 Å². The van der Waals surface area contributed by atoms with Gasteiger partial charge in [-0.3, -0.25) is 4.79 Å². The van der Waals surface area contributed by atoms with Gasteiger partial charge < -0.3 is 15.3 Å². The Hall–Kier alpha value is -0.450. The lowest BCUT2D eigenvalue weighted by atomic mass is 9.49. The lowest BCUT2D eigenvalue weighted by Gasteiger charge is -2.55. The van der Waals surface area contributed by atoms with Crippen LogP contribution >= 0.6 is 0 Å². The number of rotatable bonds is 3. The first-order chi connectivity index (χ1) is 10.3. The molecular formula is C18H30O4. The lowest BCUT2D eigenvalue weighted by molar-refractivity contribution is -0.149. The van der Waals surface area contributed by atoms with Crippen molar-refractivity contribution in [2.45, 2.75) is 77.6 Å².